The highest BCUT2D eigenvalue weighted by molar-refractivity contribution is 8.03. The monoisotopic (exact) mass is 447 g/mol. The van der Waals surface area contributed by atoms with E-state index in [9.17, 15) is 4.79 Å². The Balaban J connectivity index is 1.42. The van der Waals surface area contributed by atoms with Crippen molar-refractivity contribution in [1.82, 2.24) is 10.2 Å². The van der Waals surface area contributed by atoms with Crippen molar-refractivity contribution in [3.8, 4) is 11.5 Å². The molecule has 0 aliphatic rings. The summed E-state index contributed by atoms with van der Waals surface area (Å²) in [6.45, 7) is 2.55. The van der Waals surface area contributed by atoms with Gasteiger partial charge in [-0.3, -0.25) is 4.79 Å². The van der Waals surface area contributed by atoms with Gasteiger partial charge in [0.1, 0.15) is 11.5 Å². The lowest BCUT2D eigenvalue weighted by Crippen LogP contribution is -2.13. The maximum absolute atomic E-state index is 12.1. The molecule has 1 N–H and O–H groups in total. The Labute approximate surface area is 182 Å². The Morgan fingerprint density at radius 3 is 2.31 bits per heavy atom. The second-order valence-electron chi connectivity index (χ2n) is 5.76. The molecule has 0 radical (unpaired) electrons. The summed E-state index contributed by atoms with van der Waals surface area (Å²) >= 11 is 4.51. The number of rotatable bonds is 10. The summed E-state index contributed by atoms with van der Waals surface area (Å²) < 4.78 is 12.2. The molecule has 0 atom stereocenters. The zero-order valence-corrected chi connectivity index (χ0v) is 18.5. The van der Waals surface area contributed by atoms with Crippen LogP contribution < -0.4 is 14.8 Å². The molecule has 152 valence electrons. The van der Waals surface area contributed by atoms with Crippen LogP contribution in [0.5, 0.6) is 11.5 Å². The van der Waals surface area contributed by atoms with Gasteiger partial charge < -0.3 is 14.8 Å². The molecule has 0 bridgehead atoms. The van der Waals surface area contributed by atoms with Crippen LogP contribution in [0.4, 0.5) is 5.69 Å². The van der Waals surface area contributed by atoms with E-state index in [1.807, 2.05) is 55.5 Å². The number of nitrogens with zero attached hydrogens (tertiary/aromatic N) is 2. The van der Waals surface area contributed by atoms with Crippen molar-refractivity contribution >= 4 is 46.5 Å². The molecule has 6 nitrogen and oxygen atoms in total. The van der Waals surface area contributed by atoms with Crippen LogP contribution in [0.1, 0.15) is 12.5 Å². The molecule has 0 aliphatic carbocycles. The lowest BCUT2D eigenvalue weighted by atomic mass is 10.2. The number of aromatic nitrogens is 2. The molecule has 29 heavy (non-hydrogen) atoms. The highest BCUT2D eigenvalue weighted by Crippen LogP contribution is 2.31. The molecule has 9 heteroatoms. The van der Waals surface area contributed by atoms with Crippen LogP contribution in [0.3, 0.4) is 0 Å². The van der Waals surface area contributed by atoms with E-state index in [0.717, 1.165) is 31.6 Å². The molecular formula is C20H21N3O3S3. The highest BCUT2D eigenvalue weighted by atomic mass is 32.2. The standard InChI is InChI=1S/C20H21N3O3S3/c1-3-26-17-10-6-15(7-11-17)21-18(24)13-28-20-23-22-19(29-20)27-12-14-4-8-16(25-2)9-5-14/h4-11H,3,12-13H2,1-2H3,(H,21,24). The lowest BCUT2D eigenvalue weighted by molar-refractivity contribution is -0.113. The van der Waals surface area contributed by atoms with Crippen LogP contribution in [0.25, 0.3) is 0 Å². The Bertz CT molecular complexity index is 915. The average molecular weight is 448 g/mol. The number of thioether (sulfide) groups is 2. The van der Waals surface area contributed by atoms with Gasteiger partial charge in [0.25, 0.3) is 0 Å². The molecule has 0 fully saturated rings. The largest absolute Gasteiger partial charge is 0.497 e. The maximum Gasteiger partial charge on any atom is 0.234 e. The molecular weight excluding hydrogens is 426 g/mol. The first kappa shape index (κ1) is 21.5. The average Bonchev–Trinajstić information content (AvgIpc) is 3.21. The fourth-order valence-corrected chi connectivity index (χ4v) is 5.08. The molecule has 0 saturated heterocycles. The lowest BCUT2D eigenvalue weighted by Gasteiger charge is -2.06. The van der Waals surface area contributed by atoms with E-state index in [0.29, 0.717) is 6.61 Å². The fraction of sp³-hybridized carbons (Fsp3) is 0.250. The van der Waals surface area contributed by atoms with Crippen molar-refractivity contribution in [1.29, 1.82) is 0 Å². The van der Waals surface area contributed by atoms with Gasteiger partial charge in [-0.25, -0.2) is 0 Å². The predicted octanol–water partition coefficient (Wildman–Crippen LogP) is 4.97. The van der Waals surface area contributed by atoms with Crippen LogP contribution in [0.2, 0.25) is 0 Å². The molecule has 0 aliphatic heterocycles. The zero-order chi connectivity index (χ0) is 20.5. The number of ether oxygens (including phenoxy) is 2. The van der Waals surface area contributed by atoms with Gasteiger partial charge >= 0.3 is 0 Å². The number of hydrogen-bond donors (Lipinski definition) is 1. The van der Waals surface area contributed by atoms with Crippen molar-refractivity contribution in [2.45, 2.75) is 21.4 Å². The van der Waals surface area contributed by atoms with E-state index in [1.54, 1.807) is 18.9 Å². The normalized spacial score (nSPS) is 10.6. The Kier molecular flexibility index (Phi) is 8.21. The number of methoxy groups -OCH3 is 1. The first-order valence-electron chi connectivity index (χ1n) is 8.91. The number of carbonyl (C=O) groups is 1. The Hall–Kier alpha value is -2.23. The van der Waals surface area contributed by atoms with E-state index in [2.05, 4.69) is 15.5 Å². The van der Waals surface area contributed by atoms with E-state index in [1.165, 1.54) is 28.7 Å². The third kappa shape index (κ3) is 6.95. The summed E-state index contributed by atoms with van der Waals surface area (Å²) in [4.78, 5) is 12.1. The highest BCUT2D eigenvalue weighted by Gasteiger charge is 2.09. The van der Waals surface area contributed by atoms with Crippen LogP contribution in [-0.4, -0.2) is 35.6 Å². The number of anilines is 1. The van der Waals surface area contributed by atoms with Crippen LogP contribution in [0, 0.1) is 0 Å². The number of nitrogens with one attached hydrogen (secondary N) is 1. The fourth-order valence-electron chi connectivity index (χ4n) is 2.31. The Morgan fingerprint density at radius 2 is 1.66 bits per heavy atom. The SMILES string of the molecule is CCOc1ccc(NC(=O)CSc2nnc(SCc3ccc(OC)cc3)s2)cc1. The number of hydrogen-bond acceptors (Lipinski definition) is 8. The summed E-state index contributed by atoms with van der Waals surface area (Å²) in [7, 11) is 1.66. The molecule has 0 saturated carbocycles. The summed E-state index contributed by atoms with van der Waals surface area (Å²) in [5, 5.41) is 11.2. The summed E-state index contributed by atoms with van der Waals surface area (Å²) in [5.74, 6) is 2.64. The van der Waals surface area contributed by atoms with Gasteiger partial charge in [0.15, 0.2) is 8.68 Å². The quantitative estimate of drug-likeness (QED) is 0.440. The molecule has 1 aromatic heterocycles. The van der Waals surface area contributed by atoms with E-state index in [-0.39, 0.29) is 11.7 Å². The minimum absolute atomic E-state index is 0.0817. The Morgan fingerprint density at radius 1 is 1.00 bits per heavy atom. The van der Waals surface area contributed by atoms with Gasteiger partial charge in [0, 0.05) is 11.4 Å². The minimum Gasteiger partial charge on any atom is -0.497 e. The van der Waals surface area contributed by atoms with E-state index >= 15 is 0 Å². The van der Waals surface area contributed by atoms with Gasteiger partial charge in [-0.15, -0.1) is 10.2 Å². The first-order chi connectivity index (χ1) is 14.2. The summed E-state index contributed by atoms with van der Waals surface area (Å²) in [6.07, 6.45) is 0. The molecule has 1 heterocycles. The molecule has 0 spiro atoms. The molecule has 2 aromatic carbocycles. The minimum atomic E-state index is -0.0817. The smallest absolute Gasteiger partial charge is 0.234 e. The van der Waals surface area contributed by atoms with Crippen molar-refractivity contribution < 1.29 is 14.3 Å². The van der Waals surface area contributed by atoms with Crippen LogP contribution in [0.15, 0.2) is 57.2 Å². The maximum atomic E-state index is 12.1. The molecule has 3 rings (SSSR count). The molecule has 1 amide bonds. The number of amides is 1. The van der Waals surface area contributed by atoms with Gasteiger partial charge in [-0.2, -0.15) is 0 Å². The van der Waals surface area contributed by atoms with E-state index < -0.39 is 0 Å². The van der Waals surface area contributed by atoms with E-state index in [4.69, 9.17) is 9.47 Å². The number of carbonyl (C=O) groups excluding carboxylic acids is 1. The predicted molar refractivity (Wildman–Crippen MR) is 119 cm³/mol. The molecule has 0 unspecified atom stereocenters. The van der Waals surface area contributed by atoms with Gasteiger partial charge in [0.2, 0.25) is 5.91 Å². The topological polar surface area (TPSA) is 73.3 Å². The third-order valence-electron chi connectivity index (χ3n) is 3.69. The van der Waals surface area contributed by atoms with Crippen molar-refractivity contribution in [2.75, 3.05) is 24.8 Å². The van der Waals surface area contributed by atoms with Gasteiger partial charge in [0.05, 0.1) is 19.5 Å². The second-order valence-corrected chi connectivity index (χ2v) is 9.19. The molecule has 3 aromatic rings. The number of benzene rings is 2. The van der Waals surface area contributed by atoms with Crippen LogP contribution in [-0.2, 0) is 10.5 Å². The summed E-state index contributed by atoms with van der Waals surface area (Å²) in [6, 6.07) is 15.3. The third-order valence-corrected chi connectivity index (χ3v) is 6.95. The first-order valence-corrected chi connectivity index (χ1v) is 11.7. The second kappa shape index (κ2) is 11.1. The van der Waals surface area contributed by atoms with Gasteiger partial charge in [-0.05, 0) is 48.9 Å². The van der Waals surface area contributed by atoms with Crippen LogP contribution >= 0.6 is 34.9 Å². The van der Waals surface area contributed by atoms with Crippen molar-refractivity contribution in [3.63, 3.8) is 0 Å². The van der Waals surface area contributed by atoms with Gasteiger partial charge in [-0.1, -0.05) is 47.0 Å². The van der Waals surface area contributed by atoms with Crippen molar-refractivity contribution in [2.24, 2.45) is 0 Å². The van der Waals surface area contributed by atoms with Crippen molar-refractivity contribution in [3.05, 3.63) is 54.1 Å². The zero-order valence-electron chi connectivity index (χ0n) is 16.1. The summed E-state index contributed by atoms with van der Waals surface area (Å²) in [5.41, 5.74) is 1.93.